The highest BCUT2D eigenvalue weighted by Gasteiger charge is 2.17. The van der Waals surface area contributed by atoms with Gasteiger partial charge in [0.25, 0.3) is 0 Å². The molecule has 5 fully saturated rings. The third kappa shape index (κ3) is 43.8. The summed E-state index contributed by atoms with van der Waals surface area (Å²) < 4.78 is 0. The number of azo groups is 4. The fourth-order valence-corrected chi connectivity index (χ4v) is 18.5. The first kappa shape index (κ1) is 105. The van der Waals surface area contributed by atoms with E-state index >= 15 is 0 Å². The third-order valence-electron chi connectivity index (χ3n) is 22.9. The summed E-state index contributed by atoms with van der Waals surface area (Å²) in [5.41, 5.74) is 6.74. The van der Waals surface area contributed by atoms with E-state index < -0.39 is 0 Å². The van der Waals surface area contributed by atoms with Crippen LogP contribution in [0.3, 0.4) is 0 Å². The highest BCUT2D eigenvalue weighted by Crippen LogP contribution is 2.29. The Kier molecular flexibility index (Phi) is 51.2. The van der Waals surface area contributed by atoms with Gasteiger partial charge in [-0.25, -0.2) is 9.97 Å². The lowest BCUT2D eigenvalue weighted by molar-refractivity contribution is 0.432. The fraction of sp³-hybridized carbons (Fsp3) is 0.481. The van der Waals surface area contributed by atoms with Crippen molar-refractivity contribution >= 4 is 126 Å². The quantitative estimate of drug-likeness (QED) is 0.0167. The van der Waals surface area contributed by atoms with Crippen LogP contribution in [-0.4, -0.2) is 149 Å². The second-order valence-electron chi connectivity index (χ2n) is 34.8. The molecule has 5 aliphatic carbocycles. The van der Waals surface area contributed by atoms with Crippen LogP contribution in [0.5, 0.6) is 0 Å². The van der Waals surface area contributed by atoms with Crippen LogP contribution >= 0.6 is 32.8 Å². The molecule has 4 unspecified atom stereocenters. The van der Waals surface area contributed by atoms with Gasteiger partial charge in [0.1, 0.15) is 0 Å². The van der Waals surface area contributed by atoms with Gasteiger partial charge >= 0.3 is 0 Å². The van der Waals surface area contributed by atoms with E-state index in [9.17, 15) is 0 Å². The Bertz CT molecular complexity index is 5100. The van der Waals surface area contributed by atoms with Crippen molar-refractivity contribution in [1.82, 2.24) is 49.8 Å². The standard InChI is InChI=1S/2C15H18N2.C14H17N3.C10H15N3.C10H17NP2.C9H14N4.C9H15N2P.C9H14NP.C8H13N3.C5H7N3/c2*1-2-7-13(8-3-1)16-11-15-14-9-5-4-6-12(14)10-17-15;1-2-7-12(8-3-1)16-17-14-10-11-6-4-5-9-13(11)15-14;1-2-5-9(6-3-1)12-13-10-7-4-8-11-10;1-2-3-4-5-6-11-7-10-8-12-9-13-10;1-2-4-8(5-3-1)12-13-9-6-10-7-11-9;1-3-8(4-2)11-6-9-5-10-7-12-9;1-9(2,3)10-7-8-5-4-6-11-8;1-3-7(2)10-5-8-4-9-6-11-8;1-6-8-5-3-2-4-7-5/h2*4-6,9-11,13,17H,1-3,7-8H2;4-6,9-10,12,15H,1-3,7-8H2;4,7-9,11H,1-3,5-6H2;7-9,13H,2-6H2,1H3;6-8H,1-5H2,(H,10,11);5-8,12H,3-4H2,1-2H3;4-7,11H,1-3H3;4-7H,3H2,1-2H3,(H,9,11);2-4,7H,1H3. The molecule has 3 aromatic carbocycles. The topological polar surface area (TPSA) is 322 Å². The number of aromatic nitrogens is 10. The van der Waals surface area contributed by atoms with Crippen LogP contribution in [0, 0.1) is 0 Å². The number of nitrogens with zero attached hydrogens (tertiary/aromatic N) is 17. The average molecular weight is 1860 g/mol. The highest BCUT2D eigenvalue weighted by molar-refractivity contribution is 7.47. The van der Waals surface area contributed by atoms with Crippen LogP contribution in [0.4, 0.5) is 23.3 Å². The molecular weight excluding hydrogens is 1710 g/mol. The van der Waals surface area contributed by atoms with Crippen molar-refractivity contribution < 1.29 is 0 Å². The number of nitrogens with one attached hydrogen (secondary N) is 7. The van der Waals surface area contributed by atoms with Crippen molar-refractivity contribution in [2.45, 2.75) is 309 Å². The first-order valence-corrected chi connectivity index (χ1v) is 52.8. The van der Waals surface area contributed by atoms with Crippen LogP contribution in [0.1, 0.15) is 294 Å². The molecule has 10 aromatic heterocycles. The minimum Gasteiger partial charge on any atom is -0.359 e. The van der Waals surface area contributed by atoms with Gasteiger partial charge in [0, 0.05) is 137 Å². The smallest absolute Gasteiger partial charge is 0.171 e. The first-order chi connectivity index (χ1) is 64.8. The molecule has 0 aliphatic heterocycles. The van der Waals surface area contributed by atoms with Gasteiger partial charge in [0.2, 0.25) is 0 Å². The second-order valence-corrected chi connectivity index (χ2v) is 39.6. The first-order valence-electron chi connectivity index (χ1n) is 48.6. The summed E-state index contributed by atoms with van der Waals surface area (Å²) in [6.07, 6.45) is 69.2. The van der Waals surface area contributed by atoms with Crippen molar-refractivity contribution in [2.75, 3.05) is 13.6 Å². The van der Waals surface area contributed by atoms with E-state index in [1.165, 1.54) is 237 Å². The second kappa shape index (κ2) is 64.3. The number of aromatic amines is 7. The van der Waals surface area contributed by atoms with Crippen molar-refractivity contribution in [3.05, 3.63) is 227 Å². The summed E-state index contributed by atoms with van der Waals surface area (Å²) >= 11 is 0. The number of benzene rings is 3. The molecule has 7 N–H and O–H groups in total. The van der Waals surface area contributed by atoms with E-state index in [1.807, 2.05) is 92.0 Å². The minimum atomic E-state index is 0.0634. The van der Waals surface area contributed by atoms with Crippen LogP contribution in [-0.2, 0) is 0 Å². The molecule has 0 amide bonds. The van der Waals surface area contributed by atoms with Crippen molar-refractivity contribution in [2.24, 2.45) is 70.9 Å². The molecule has 4 atom stereocenters. The number of imidazole rings is 2. The number of hydrogen-bond donors (Lipinski definition) is 7. The van der Waals surface area contributed by atoms with Crippen LogP contribution in [0.25, 0.3) is 32.4 Å². The number of hydrogen-bond acceptors (Lipinski definition) is 17. The van der Waals surface area contributed by atoms with Crippen molar-refractivity contribution in [3.63, 3.8) is 0 Å². The van der Waals surface area contributed by atoms with Crippen LogP contribution < -0.4 is 0 Å². The van der Waals surface area contributed by atoms with E-state index in [-0.39, 0.29) is 5.54 Å². The molecule has 132 heavy (non-hydrogen) atoms. The fourth-order valence-electron chi connectivity index (χ4n) is 15.0. The number of aliphatic imine (C=N–C) groups is 6. The number of para-hydroxylation sites is 1. The largest absolute Gasteiger partial charge is 0.359 e. The maximum Gasteiger partial charge on any atom is 0.171 e. The van der Waals surface area contributed by atoms with E-state index in [2.05, 4.69) is 281 Å². The van der Waals surface area contributed by atoms with Crippen LogP contribution in [0.2, 0.25) is 0 Å². The lowest BCUT2D eigenvalue weighted by Crippen LogP contribution is -2.09. The SMILES string of the molecule is C(=NC1CCCCC1)c1[nH]cc2ccccc12.C(=NC1CCCCC1)c1[nH]cc2ccccc12.CC(C)(C)N=Cc1ccc[pH]1.CCC(C)N=Cc1cnc[nH]1.CCC(CC)N=Cc1cnc[pH]1.CCCCCCN=Cc1cpc[pH]1.CN=Nc1ccc[nH]1.c1c[nH]c(N=NC2CCCCC2)c1.c1ccc2[nH]c(N=NC3CCCCC3)cc2c1.c1ncc(N=NC2CCCCC2)[nH]1. The molecule has 10 heterocycles. The van der Waals surface area contributed by atoms with Gasteiger partial charge in [-0.15, -0.1) is 45.0 Å². The number of unbranched alkanes of at least 4 members (excludes halogenated alkanes) is 3. The molecule has 13 aromatic rings. The average Bonchev–Trinajstić information content (AvgIpc) is 1.70. The Morgan fingerprint density at radius 2 is 0.985 bits per heavy atom. The Labute approximate surface area is 791 Å². The summed E-state index contributed by atoms with van der Waals surface area (Å²) in [7, 11) is 5.43. The minimum absolute atomic E-state index is 0.0634. The zero-order valence-corrected chi connectivity index (χ0v) is 83.8. The third-order valence-corrected chi connectivity index (χ3v) is 27.1. The zero-order chi connectivity index (χ0) is 92.8. The molecule has 0 bridgehead atoms. The van der Waals surface area contributed by atoms with Gasteiger partial charge in [-0.05, 0) is 188 Å². The molecule has 704 valence electrons. The summed E-state index contributed by atoms with van der Waals surface area (Å²) in [4.78, 5) is 60.5. The summed E-state index contributed by atoms with van der Waals surface area (Å²) in [6.45, 7) is 18.1. The highest BCUT2D eigenvalue weighted by atomic mass is 31.1. The summed E-state index contributed by atoms with van der Waals surface area (Å²) in [5.74, 6) is 9.65. The predicted molar refractivity (Wildman–Crippen MR) is 569 cm³/mol. The van der Waals surface area contributed by atoms with E-state index in [1.54, 1.807) is 32.1 Å². The van der Waals surface area contributed by atoms with E-state index in [0.29, 0.717) is 42.3 Å². The zero-order valence-electron chi connectivity index (χ0n) is 79.9. The van der Waals surface area contributed by atoms with Crippen LogP contribution in [0.15, 0.2) is 265 Å². The maximum atomic E-state index is 4.72. The Morgan fingerprint density at radius 3 is 1.45 bits per heavy atom. The number of rotatable bonds is 25. The summed E-state index contributed by atoms with van der Waals surface area (Å²) in [6, 6.07) is 42.3. The monoisotopic (exact) mass is 1860 g/mol. The van der Waals surface area contributed by atoms with Gasteiger partial charge in [-0.1, -0.05) is 224 Å². The van der Waals surface area contributed by atoms with E-state index in [4.69, 9.17) is 9.98 Å². The van der Waals surface area contributed by atoms with Gasteiger partial charge in [0.05, 0.1) is 77.9 Å². The van der Waals surface area contributed by atoms with Gasteiger partial charge in [-0.3, -0.25) is 34.9 Å². The molecular formula is C104H148N24P4. The van der Waals surface area contributed by atoms with Gasteiger partial charge < -0.3 is 34.9 Å². The normalized spacial score (nSPS) is 16.1. The molecule has 5 saturated carbocycles. The molecule has 18 rings (SSSR count). The summed E-state index contributed by atoms with van der Waals surface area (Å²) in [5, 5.41) is 43.2. The van der Waals surface area contributed by atoms with Gasteiger partial charge in [0.15, 0.2) is 23.3 Å². The Morgan fingerprint density at radius 1 is 0.447 bits per heavy atom. The van der Waals surface area contributed by atoms with E-state index in [0.717, 1.165) is 96.3 Å². The van der Waals surface area contributed by atoms with Gasteiger partial charge in [-0.2, -0.15) is 20.5 Å². The number of H-pyrrole nitrogens is 7. The molecule has 28 heteroatoms. The van der Waals surface area contributed by atoms with Crippen molar-refractivity contribution in [1.29, 1.82) is 0 Å². The Balaban J connectivity index is 0.000000166. The molecule has 5 aliphatic rings. The molecule has 0 spiro atoms. The Hall–Kier alpha value is -10.6. The molecule has 0 radical (unpaired) electrons. The van der Waals surface area contributed by atoms with Crippen molar-refractivity contribution in [3.8, 4) is 0 Å². The molecule has 0 saturated heterocycles. The predicted octanol–water partition coefficient (Wildman–Crippen LogP) is 32.0. The lowest BCUT2D eigenvalue weighted by atomic mass is 9.96. The molecule has 24 nitrogen and oxygen atoms in total. The maximum absolute atomic E-state index is 4.72. The lowest BCUT2D eigenvalue weighted by Gasteiger charge is -2.16. The number of fused-ring (bicyclic) bond motifs is 3.